The molecule has 28 heavy (non-hydrogen) atoms. The Morgan fingerprint density at radius 3 is 2.86 bits per heavy atom. The van der Waals surface area contributed by atoms with Crippen molar-refractivity contribution >= 4 is 28.6 Å². The number of hydrogen-bond donors (Lipinski definition) is 1. The minimum Gasteiger partial charge on any atom is -0.459 e. The van der Waals surface area contributed by atoms with Crippen molar-refractivity contribution in [3.8, 4) is 5.69 Å². The van der Waals surface area contributed by atoms with E-state index in [0.717, 1.165) is 11.0 Å². The summed E-state index contributed by atoms with van der Waals surface area (Å²) in [4.78, 5) is 12.3. The largest absolute Gasteiger partial charge is 0.459 e. The number of nitrogens with zero attached hydrogens (tertiary/aromatic N) is 3. The molecule has 0 unspecified atom stereocenters. The van der Waals surface area contributed by atoms with Crippen molar-refractivity contribution in [3.05, 3.63) is 72.5 Å². The fourth-order valence-corrected chi connectivity index (χ4v) is 3.57. The van der Waals surface area contributed by atoms with Crippen LogP contribution < -0.4 is 5.32 Å². The molecule has 2 aromatic carbocycles. The Labute approximate surface area is 164 Å². The summed E-state index contributed by atoms with van der Waals surface area (Å²) in [6.07, 6.45) is 1.43. The van der Waals surface area contributed by atoms with E-state index in [0.29, 0.717) is 16.6 Å². The first-order chi connectivity index (χ1) is 13.6. The Kier molecular flexibility index (Phi) is 5.12. The zero-order valence-corrected chi connectivity index (χ0v) is 15.8. The molecule has 4 aromatic rings. The number of benzene rings is 2. The number of aromatic nitrogens is 3. The summed E-state index contributed by atoms with van der Waals surface area (Å²) >= 11 is 1.19. The Bertz CT molecular complexity index is 1090. The first-order valence-corrected chi connectivity index (χ1v) is 9.66. The third-order valence-corrected chi connectivity index (χ3v) is 5.15. The average Bonchev–Trinajstić information content (AvgIpc) is 3.33. The Morgan fingerprint density at radius 1 is 1.25 bits per heavy atom. The number of carbonyl (C=O) groups is 1. The lowest BCUT2D eigenvalue weighted by Crippen LogP contribution is -2.28. The van der Waals surface area contributed by atoms with Crippen LogP contribution in [-0.4, -0.2) is 26.4 Å². The van der Waals surface area contributed by atoms with Gasteiger partial charge in [-0.1, -0.05) is 42.1 Å². The van der Waals surface area contributed by atoms with Crippen molar-refractivity contribution < 1.29 is 13.6 Å². The van der Waals surface area contributed by atoms with Gasteiger partial charge in [0.25, 0.3) is 0 Å². The molecule has 142 valence electrons. The second-order valence-corrected chi connectivity index (χ2v) is 7.14. The molecule has 1 atom stereocenters. The highest BCUT2D eigenvalue weighted by Crippen LogP contribution is 2.24. The number of para-hydroxylation sites is 2. The molecule has 0 bridgehead atoms. The van der Waals surface area contributed by atoms with E-state index >= 15 is 0 Å². The van der Waals surface area contributed by atoms with Crippen LogP contribution in [0, 0.1) is 5.82 Å². The van der Waals surface area contributed by atoms with Gasteiger partial charge in [-0.3, -0.25) is 9.36 Å². The van der Waals surface area contributed by atoms with Gasteiger partial charge in [0, 0.05) is 5.39 Å². The van der Waals surface area contributed by atoms with Crippen molar-refractivity contribution in [1.82, 2.24) is 20.1 Å². The highest BCUT2D eigenvalue weighted by atomic mass is 32.2. The monoisotopic (exact) mass is 396 g/mol. The lowest BCUT2D eigenvalue weighted by Gasteiger charge is -2.11. The van der Waals surface area contributed by atoms with E-state index < -0.39 is 0 Å². The molecule has 2 heterocycles. The second-order valence-electron chi connectivity index (χ2n) is 6.20. The minimum atomic E-state index is -0.382. The Balaban J connectivity index is 1.40. The van der Waals surface area contributed by atoms with Crippen LogP contribution in [0.4, 0.5) is 4.39 Å². The quantitative estimate of drug-likeness (QED) is 0.496. The van der Waals surface area contributed by atoms with Gasteiger partial charge < -0.3 is 9.73 Å². The molecule has 1 N–H and O–H groups in total. The number of thioether (sulfide) groups is 1. The van der Waals surface area contributed by atoms with Crippen LogP contribution in [-0.2, 0) is 4.79 Å². The smallest absolute Gasteiger partial charge is 0.231 e. The zero-order chi connectivity index (χ0) is 19.5. The predicted molar refractivity (Wildman–Crippen MR) is 105 cm³/mol. The predicted octanol–water partition coefficient (Wildman–Crippen LogP) is 4.12. The number of fused-ring (bicyclic) bond motifs is 1. The molecule has 4 rings (SSSR count). The van der Waals surface area contributed by atoms with Gasteiger partial charge in [0.2, 0.25) is 5.91 Å². The summed E-state index contributed by atoms with van der Waals surface area (Å²) < 4.78 is 21.3. The molecule has 0 saturated carbocycles. The highest BCUT2D eigenvalue weighted by molar-refractivity contribution is 7.99. The van der Waals surface area contributed by atoms with Crippen LogP contribution in [0.15, 0.2) is 70.5 Å². The Morgan fingerprint density at radius 2 is 2.04 bits per heavy atom. The number of furan rings is 1. The number of rotatable bonds is 6. The van der Waals surface area contributed by atoms with Gasteiger partial charge in [-0.25, -0.2) is 4.39 Å². The number of carbonyl (C=O) groups excluding carboxylic acids is 1. The van der Waals surface area contributed by atoms with Gasteiger partial charge in [-0.2, -0.15) is 0 Å². The van der Waals surface area contributed by atoms with Crippen molar-refractivity contribution in [2.24, 2.45) is 0 Å². The lowest BCUT2D eigenvalue weighted by molar-refractivity contribution is -0.119. The van der Waals surface area contributed by atoms with Crippen LogP contribution in [0.3, 0.4) is 0 Å². The standard InChI is InChI=1S/C20H17FN4O2S/c1-13(18-10-14-6-2-5-9-17(14)27-18)23-19(26)11-28-20-24-22-12-25(20)16-8-4-3-7-15(16)21/h2-10,12-13H,11H2,1H3,(H,23,26)/t13-/m0/s1. The van der Waals surface area contributed by atoms with Crippen LogP contribution >= 0.6 is 11.8 Å². The van der Waals surface area contributed by atoms with Crippen molar-refractivity contribution in [2.45, 2.75) is 18.1 Å². The molecular formula is C20H17FN4O2S. The summed E-state index contributed by atoms with van der Waals surface area (Å²) in [5, 5.41) is 12.1. The van der Waals surface area contributed by atoms with E-state index in [2.05, 4.69) is 15.5 Å². The minimum absolute atomic E-state index is 0.123. The highest BCUT2D eigenvalue weighted by Gasteiger charge is 2.16. The third kappa shape index (κ3) is 3.77. The molecule has 0 aliphatic rings. The molecule has 0 fully saturated rings. The van der Waals surface area contributed by atoms with Gasteiger partial charge in [0.1, 0.15) is 23.5 Å². The molecule has 2 aromatic heterocycles. The molecule has 1 amide bonds. The summed E-state index contributed by atoms with van der Waals surface area (Å²) in [7, 11) is 0. The maximum Gasteiger partial charge on any atom is 0.231 e. The van der Waals surface area contributed by atoms with Gasteiger partial charge in [-0.15, -0.1) is 10.2 Å². The molecule has 0 saturated heterocycles. The molecule has 0 aliphatic carbocycles. The summed E-state index contributed by atoms with van der Waals surface area (Å²) in [5.41, 5.74) is 1.12. The molecule has 0 spiro atoms. The average molecular weight is 396 g/mol. The molecule has 0 aliphatic heterocycles. The summed E-state index contributed by atoms with van der Waals surface area (Å²) in [6.45, 7) is 1.86. The zero-order valence-electron chi connectivity index (χ0n) is 15.0. The first kappa shape index (κ1) is 18.2. The summed E-state index contributed by atoms with van der Waals surface area (Å²) in [6, 6.07) is 15.7. The number of amides is 1. The fourth-order valence-electron chi connectivity index (χ4n) is 2.84. The van der Waals surface area contributed by atoms with E-state index in [4.69, 9.17) is 4.42 Å². The Hall–Kier alpha value is -3.13. The van der Waals surface area contributed by atoms with Crippen LogP contribution in [0.2, 0.25) is 0 Å². The maximum atomic E-state index is 14.0. The number of nitrogens with one attached hydrogen (secondary N) is 1. The van der Waals surface area contributed by atoms with E-state index in [-0.39, 0.29) is 23.5 Å². The van der Waals surface area contributed by atoms with Gasteiger partial charge in [0.05, 0.1) is 17.5 Å². The van der Waals surface area contributed by atoms with Crippen LogP contribution in [0.5, 0.6) is 0 Å². The van der Waals surface area contributed by atoms with E-state index in [1.165, 1.54) is 28.7 Å². The van der Waals surface area contributed by atoms with Crippen molar-refractivity contribution in [3.63, 3.8) is 0 Å². The molecule has 6 nitrogen and oxygen atoms in total. The van der Waals surface area contributed by atoms with Gasteiger partial charge in [-0.05, 0) is 31.2 Å². The topological polar surface area (TPSA) is 73.0 Å². The maximum absolute atomic E-state index is 14.0. The first-order valence-electron chi connectivity index (χ1n) is 8.67. The molecule has 8 heteroatoms. The van der Waals surface area contributed by atoms with Crippen molar-refractivity contribution in [1.29, 1.82) is 0 Å². The number of halogens is 1. The van der Waals surface area contributed by atoms with Gasteiger partial charge >= 0.3 is 0 Å². The fraction of sp³-hybridized carbons (Fsp3) is 0.150. The van der Waals surface area contributed by atoms with E-state index in [9.17, 15) is 9.18 Å². The SMILES string of the molecule is C[C@H](NC(=O)CSc1nncn1-c1ccccc1F)c1cc2ccccc2o1. The van der Waals surface area contributed by atoms with Crippen LogP contribution in [0.1, 0.15) is 18.7 Å². The third-order valence-electron chi connectivity index (χ3n) is 4.21. The lowest BCUT2D eigenvalue weighted by atomic mass is 10.2. The van der Waals surface area contributed by atoms with Crippen LogP contribution in [0.25, 0.3) is 16.7 Å². The van der Waals surface area contributed by atoms with Gasteiger partial charge in [0.15, 0.2) is 5.16 Å². The van der Waals surface area contributed by atoms with Crippen molar-refractivity contribution in [2.75, 3.05) is 5.75 Å². The van der Waals surface area contributed by atoms with E-state index in [1.807, 2.05) is 37.3 Å². The van der Waals surface area contributed by atoms with E-state index in [1.54, 1.807) is 18.2 Å². The second kappa shape index (κ2) is 7.85. The molecular weight excluding hydrogens is 379 g/mol. The number of hydrogen-bond acceptors (Lipinski definition) is 5. The normalized spacial score (nSPS) is 12.2. The summed E-state index contributed by atoms with van der Waals surface area (Å²) in [5.74, 6) is 0.250. The molecule has 0 radical (unpaired) electrons.